The lowest BCUT2D eigenvalue weighted by Crippen LogP contribution is -1.94. The summed E-state index contributed by atoms with van der Waals surface area (Å²) in [5.74, 6) is 1.79. The Hall–Kier alpha value is -7.31. The van der Waals surface area contributed by atoms with E-state index in [0.29, 0.717) is 6.10 Å². The van der Waals surface area contributed by atoms with Crippen LogP contribution in [0.25, 0.3) is 0 Å². The van der Waals surface area contributed by atoms with E-state index in [0.717, 1.165) is 74.7 Å². The molecule has 2 saturated heterocycles. The lowest BCUT2D eigenvalue weighted by Gasteiger charge is -1.94. The Morgan fingerprint density at radius 1 is 0.418 bits per heavy atom. The van der Waals surface area contributed by atoms with Gasteiger partial charge in [0.1, 0.15) is 31.5 Å². The van der Waals surface area contributed by atoms with Gasteiger partial charge in [-0.15, -0.1) is 11.3 Å². The quantitative estimate of drug-likeness (QED) is 0.140. The van der Waals surface area contributed by atoms with Crippen LogP contribution >= 0.6 is 22.7 Å². The van der Waals surface area contributed by atoms with Gasteiger partial charge >= 0.3 is 0 Å². The zero-order valence-electron chi connectivity index (χ0n) is 79.3. The summed E-state index contributed by atoms with van der Waals surface area (Å²) in [6, 6.07) is 31.2. The van der Waals surface area contributed by atoms with Crippen LogP contribution in [-0.2, 0) is 19.1 Å². The third kappa shape index (κ3) is 154. The summed E-state index contributed by atoms with van der Waals surface area (Å²) in [5.41, 5.74) is 6.75. The molecule has 0 amide bonds. The van der Waals surface area contributed by atoms with E-state index < -0.39 is 0 Å². The molecule has 13 heterocycles. The summed E-state index contributed by atoms with van der Waals surface area (Å²) >= 11 is 3.49. The van der Waals surface area contributed by atoms with Crippen molar-refractivity contribution in [3.05, 3.63) is 220 Å². The second-order valence-electron chi connectivity index (χ2n) is 17.0. The molecule has 110 heavy (non-hydrogen) atoms. The topological polar surface area (TPSA) is 179 Å². The molecule has 2 atom stereocenters. The Balaban J connectivity index is -0.0000000603. The minimum absolute atomic E-state index is 0.546. The number of pyridine rings is 3. The lowest BCUT2D eigenvalue weighted by molar-refractivity contribution is 0.125. The minimum Gasteiger partial charge on any atom is -0.472 e. The number of rotatable bonds is 0. The molecule has 13 rings (SSSR count). The Labute approximate surface area is 691 Å². The van der Waals surface area contributed by atoms with Crippen LogP contribution in [0.3, 0.4) is 0 Å². The highest BCUT2D eigenvalue weighted by molar-refractivity contribution is 7.09. The molecule has 15 nitrogen and oxygen atoms in total. The van der Waals surface area contributed by atoms with E-state index in [9.17, 15) is 0 Å². The highest BCUT2D eigenvalue weighted by Crippen LogP contribution is 2.10. The van der Waals surface area contributed by atoms with Crippen molar-refractivity contribution in [2.24, 2.45) is 16.2 Å². The zero-order valence-corrected chi connectivity index (χ0v) is 81.0. The first-order valence-corrected chi connectivity index (χ1v) is 43.5. The first kappa shape index (κ1) is 141. The summed E-state index contributed by atoms with van der Waals surface area (Å²) in [6.07, 6.45) is 26.7. The van der Waals surface area contributed by atoms with Crippen molar-refractivity contribution in [2.75, 3.05) is 33.0 Å². The number of hydrogen-bond donors (Lipinski definition) is 0. The van der Waals surface area contributed by atoms with E-state index in [-0.39, 0.29) is 0 Å². The maximum absolute atomic E-state index is 5.15. The van der Waals surface area contributed by atoms with Crippen molar-refractivity contribution in [3.63, 3.8) is 0 Å². The average molecular weight is 1590 g/mol. The fourth-order valence-electron chi connectivity index (χ4n) is 5.10. The first-order chi connectivity index (χ1) is 53.9. The van der Waals surface area contributed by atoms with E-state index in [1.807, 2.05) is 360 Å². The Morgan fingerprint density at radius 3 is 1.15 bits per heavy atom. The van der Waals surface area contributed by atoms with Gasteiger partial charge in [0, 0.05) is 86.5 Å². The molecule has 0 bridgehead atoms. The molecule has 0 aliphatic carbocycles. The summed E-state index contributed by atoms with van der Waals surface area (Å²) in [4.78, 5) is 22.3. The van der Waals surface area contributed by atoms with Crippen LogP contribution in [0.1, 0.15) is 313 Å². The van der Waals surface area contributed by atoms with Gasteiger partial charge in [-0.1, -0.05) is 279 Å². The van der Waals surface area contributed by atoms with Gasteiger partial charge < -0.3 is 37.0 Å². The van der Waals surface area contributed by atoms with E-state index in [4.69, 9.17) is 18.3 Å². The number of oxime groups is 2. The molecule has 646 valence electrons. The van der Waals surface area contributed by atoms with E-state index in [1.54, 1.807) is 97.1 Å². The molecule has 9 aromatic heterocycles. The Bertz CT molecular complexity index is 2230. The third-order valence-electron chi connectivity index (χ3n) is 9.38. The normalized spacial score (nSPS) is 10.9. The van der Waals surface area contributed by atoms with Crippen LogP contribution in [0, 0.1) is 54.4 Å². The molecule has 0 spiro atoms. The SMILES string of the molecule is C1=NOCC1.CC.CC.CC.CC.CC.CC.CC.CC.CC.CC.CC.CC.CC.CC.CC.CC.CC1=NOCC1.CC1CCCO1.CC1CCOC1.Cc1ccccn1.Cc1cccnc1.Cc1ccco1.Cc1cccs1.Cc1ccncc1.Cc1ccoc1.Cc1ccon1.c1ccsc1.c1cnoc1. The van der Waals surface area contributed by atoms with Crippen molar-refractivity contribution in [3.8, 4) is 0 Å². The number of thiophene rings is 2. The largest absolute Gasteiger partial charge is 0.472 e. The highest BCUT2D eigenvalue weighted by Gasteiger charge is 2.08. The number of furan rings is 2. The van der Waals surface area contributed by atoms with Gasteiger partial charge in [-0.25, -0.2) is 0 Å². The fraction of sp³-hybridized carbons (Fsp3) is 0.581. The van der Waals surface area contributed by atoms with E-state index in [2.05, 4.69) is 92.6 Å². The predicted octanol–water partition coefficient (Wildman–Crippen LogP) is 32.6. The van der Waals surface area contributed by atoms with E-state index >= 15 is 0 Å². The van der Waals surface area contributed by atoms with Crippen molar-refractivity contribution in [2.45, 2.75) is 329 Å². The van der Waals surface area contributed by atoms with Crippen molar-refractivity contribution >= 4 is 34.6 Å². The van der Waals surface area contributed by atoms with Crippen LogP contribution in [-0.4, -0.2) is 76.3 Å². The average Bonchev–Trinajstić information content (AvgIpc) is 1.88. The number of ether oxygens (including phenoxy) is 2. The standard InChI is InChI=1S/3C6H7N.C5H10O.C5H6O.C5H10O.C5H6O.C5H6S.C4H7NO.C4H5NO.C4H4S.C3H5NO.C3H3NO.16C2H6/c1-6-2-4-7-5-3-6;1-6-3-2-4-7-5-6;1-6-4-2-3-5-7-6;2*1-5-2-3-6-4-5;3*1-5-3-2-4-6-5;2*1-4-2-3-6-5-4;3*1-2-4-5-3-1;16*1-2/h3*2-5H,1H3;5H,2-4H2,1H3;2-4H,1H3;5H,2-4H2,1H3;2*2-4H,1H3;2-3H2,1H3;2-3H,1H3;1-4H;2H,1,3H2;1-3H;16*1-2H3. The summed E-state index contributed by atoms with van der Waals surface area (Å²) < 4.78 is 28.6. The monoisotopic (exact) mass is 1590 g/mol. The minimum atomic E-state index is 0.546. The number of nitrogens with zero attached hydrogens (tertiary/aromatic N) is 7. The number of aryl methyl sites for hydroxylation is 7. The maximum Gasteiger partial charge on any atom is 0.124 e. The molecule has 2 unspecified atom stereocenters. The Kier molecular flexibility index (Phi) is 203. The van der Waals surface area contributed by atoms with Crippen LogP contribution in [0.4, 0.5) is 0 Å². The van der Waals surface area contributed by atoms with Gasteiger partial charge in [-0.2, -0.15) is 11.3 Å². The molecule has 2 fully saturated rings. The number of aromatic nitrogens is 5. The molecular weight excluding hydrogens is 1410 g/mol. The van der Waals surface area contributed by atoms with Crippen molar-refractivity contribution in [1.82, 2.24) is 25.3 Å². The predicted molar refractivity (Wildman–Crippen MR) is 498 cm³/mol. The Morgan fingerprint density at radius 2 is 1.00 bits per heavy atom. The van der Waals surface area contributed by atoms with Crippen molar-refractivity contribution < 1.29 is 37.0 Å². The molecule has 9 aromatic rings. The van der Waals surface area contributed by atoms with Gasteiger partial charge in [-0.05, 0) is 181 Å². The molecule has 0 aromatic carbocycles. The van der Waals surface area contributed by atoms with Crippen molar-refractivity contribution in [1.29, 1.82) is 0 Å². The molecule has 4 aliphatic rings. The molecule has 4 aliphatic heterocycles. The van der Waals surface area contributed by atoms with Crippen LogP contribution in [0.15, 0.2) is 210 Å². The zero-order chi connectivity index (χ0) is 88.8. The van der Waals surface area contributed by atoms with Crippen LogP contribution < -0.4 is 0 Å². The summed E-state index contributed by atoms with van der Waals surface area (Å²) in [7, 11) is 0. The molecule has 0 N–H and O–H groups in total. The van der Waals surface area contributed by atoms with Gasteiger partial charge in [0.05, 0.1) is 42.5 Å². The smallest absolute Gasteiger partial charge is 0.124 e. The first-order valence-electron chi connectivity index (χ1n) is 41.7. The maximum atomic E-state index is 5.15. The highest BCUT2D eigenvalue weighted by atomic mass is 32.1. The summed E-state index contributed by atoms with van der Waals surface area (Å²) in [5, 5.41) is 20.2. The van der Waals surface area contributed by atoms with Gasteiger partial charge in [0.2, 0.25) is 0 Å². The lowest BCUT2D eigenvalue weighted by atomic mass is 10.2. The van der Waals surface area contributed by atoms with Crippen LogP contribution in [0.5, 0.6) is 0 Å². The number of hydrogen-bond acceptors (Lipinski definition) is 17. The molecule has 0 radical (unpaired) electrons. The summed E-state index contributed by atoms with van der Waals surface area (Å²) in [6.45, 7) is 88.7. The van der Waals surface area contributed by atoms with E-state index in [1.165, 1.54) is 47.1 Å². The van der Waals surface area contributed by atoms with Gasteiger partial charge in [0.25, 0.3) is 0 Å². The fourth-order valence-corrected chi connectivity index (χ4v) is 6.08. The molecule has 0 saturated carbocycles. The van der Waals surface area contributed by atoms with Crippen LogP contribution in [0.2, 0.25) is 0 Å². The van der Waals surface area contributed by atoms with Gasteiger partial charge in [0.15, 0.2) is 0 Å². The second kappa shape index (κ2) is 158. The molecule has 17 heteroatoms. The second-order valence-corrected chi connectivity index (χ2v) is 19.0. The molecular formula is C93H179N7O8S2. The third-order valence-corrected chi connectivity index (χ3v) is 10.8. The van der Waals surface area contributed by atoms with Gasteiger partial charge in [-0.3, -0.25) is 15.0 Å².